The molecule has 0 amide bonds. The molecule has 0 N–H and O–H groups in total. The third-order valence-corrected chi connectivity index (χ3v) is 3.24. The van der Waals surface area contributed by atoms with Crippen molar-refractivity contribution in [1.29, 1.82) is 0 Å². The van der Waals surface area contributed by atoms with Crippen molar-refractivity contribution in [2.45, 2.75) is 45.4 Å². The molecule has 1 saturated heterocycles. The molecule has 1 nitrogen and oxygen atoms in total. The summed E-state index contributed by atoms with van der Waals surface area (Å²) in [6.45, 7) is 8.26. The molecule has 0 bridgehead atoms. The molecule has 0 saturated carbocycles. The average Bonchev–Trinajstić information content (AvgIpc) is 2.48. The minimum Gasteiger partial charge on any atom is -0.372 e. The van der Waals surface area contributed by atoms with Crippen LogP contribution in [0.25, 0.3) is 0 Å². The summed E-state index contributed by atoms with van der Waals surface area (Å²) in [5, 5.41) is 0. The lowest BCUT2D eigenvalue weighted by molar-refractivity contribution is 0.578. The molecule has 0 spiro atoms. The first-order valence-electron chi connectivity index (χ1n) is 7.29. The molecule has 1 fully saturated rings. The summed E-state index contributed by atoms with van der Waals surface area (Å²) >= 11 is 0. The van der Waals surface area contributed by atoms with Crippen molar-refractivity contribution >= 4 is 5.69 Å². The second-order valence-corrected chi connectivity index (χ2v) is 4.81. The summed E-state index contributed by atoms with van der Waals surface area (Å²) in [6, 6.07) is 10.7. The number of piperidine rings is 1. The standard InChI is InChI=1S/C11H15N.C6H12/c1-3-7-11(8-4-1)12-9-5-2-6-10-12;1-3-5-6-4-2/h1,3-4,7-8H,2,5-6,9-10H2;3H,1,4-6H2,2H3. The molecule has 1 aromatic carbocycles. The highest BCUT2D eigenvalue weighted by Gasteiger charge is 2.09. The van der Waals surface area contributed by atoms with Gasteiger partial charge in [-0.3, -0.25) is 0 Å². The van der Waals surface area contributed by atoms with Gasteiger partial charge in [0.05, 0.1) is 0 Å². The van der Waals surface area contributed by atoms with Crippen LogP contribution in [0, 0.1) is 0 Å². The molecule has 0 atom stereocenters. The minimum absolute atomic E-state index is 1.18. The number of hydrogen-bond acceptors (Lipinski definition) is 1. The summed E-state index contributed by atoms with van der Waals surface area (Å²) in [6.07, 6.45) is 9.84. The Morgan fingerprint density at radius 3 is 2.28 bits per heavy atom. The van der Waals surface area contributed by atoms with Crippen molar-refractivity contribution in [3.05, 3.63) is 43.0 Å². The van der Waals surface area contributed by atoms with Gasteiger partial charge in [-0.2, -0.15) is 0 Å². The molecule has 2 rings (SSSR count). The van der Waals surface area contributed by atoms with Crippen molar-refractivity contribution in [2.24, 2.45) is 0 Å². The lowest BCUT2D eigenvalue weighted by atomic mass is 10.1. The van der Waals surface area contributed by atoms with E-state index >= 15 is 0 Å². The van der Waals surface area contributed by atoms with Gasteiger partial charge in [0.1, 0.15) is 0 Å². The van der Waals surface area contributed by atoms with E-state index in [1.807, 2.05) is 6.08 Å². The van der Waals surface area contributed by atoms with Gasteiger partial charge in [0, 0.05) is 18.8 Å². The zero-order valence-electron chi connectivity index (χ0n) is 11.8. The first-order valence-corrected chi connectivity index (χ1v) is 7.29. The number of hydrogen-bond donors (Lipinski definition) is 0. The van der Waals surface area contributed by atoms with Gasteiger partial charge < -0.3 is 4.90 Å². The third-order valence-electron chi connectivity index (χ3n) is 3.24. The zero-order valence-corrected chi connectivity index (χ0v) is 11.8. The number of unbranched alkanes of at least 4 members (excludes halogenated alkanes) is 2. The van der Waals surface area contributed by atoms with Crippen LogP contribution in [0.1, 0.15) is 45.4 Å². The molecule has 0 aliphatic carbocycles. The Labute approximate surface area is 113 Å². The maximum absolute atomic E-state index is 3.60. The van der Waals surface area contributed by atoms with E-state index < -0.39 is 0 Å². The van der Waals surface area contributed by atoms with E-state index in [1.54, 1.807) is 0 Å². The third kappa shape index (κ3) is 5.90. The second kappa shape index (κ2) is 9.76. The predicted octanol–water partition coefficient (Wildman–Crippen LogP) is 5.04. The Kier molecular flexibility index (Phi) is 8.03. The summed E-state index contributed by atoms with van der Waals surface area (Å²) in [4.78, 5) is 2.48. The lowest BCUT2D eigenvalue weighted by Gasteiger charge is -2.28. The second-order valence-electron chi connectivity index (χ2n) is 4.81. The first-order chi connectivity index (χ1) is 8.88. The highest BCUT2D eigenvalue weighted by molar-refractivity contribution is 5.46. The van der Waals surface area contributed by atoms with Crippen LogP contribution in [0.4, 0.5) is 5.69 Å². The van der Waals surface area contributed by atoms with Crippen LogP contribution in [-0.4, -0.2) is 13.1 Å². The topological polar surface area (TPSA) is 3.24 Å². The number of rotatable bonds is 4. The van der Waals surface area contributed by atoms with E-state index in [4.69, 9.17) is 0 Å². The van der Waals surface area contributed by atoms with Crippen molar-refractivity contribution in [3.8, 4) is 0 Å². The Balaban J connectivity index is 0.000000232. The maximum Gasteiger partial charge on any atom is 0.0366 e. The van der Waals surface area contributed by atoms with Crippen molar-refractivity contribution in [1.82, 2.24) is 0 Å². The Hall–Kier alpha value is -1.24. The molecule has 1 aliphatic heterocycles. The van der Waals surface area contributed by atoms with Crippen molar-refractivity contribution < 1.29 is 0 Å². The molecule has 1 aliphatic rings. The van der Waals surface area contributed by atoms with Crippen LogP contribution in [0.15, 0.2) is 43.0 Å². The SMILES string of the molecule is C=CCCCC.c1ccc(N2CCCCC2)cc1. The Morgan fingerprint density at radius 2 is 1.78 bits per heavy atom. The quantitative estimate of drug-likeness (QED) is 0.530. The van der Waals surface area contributed by atoms with Crippen LogP contribution in [0.2, 0.25) is 0 Å². The number of benzene rings is 1. The molecule has 18 heavy (non-hydrogen) atoms. The fourth-order valence-corrected chi connectivity index (χ4v) is 2.14. The average molecular weight is 245 g/mol. The minimum atomic E-state index is 1.18. The zero-order chi connectivity index (χ0) is 13.1. The van der Waals surface area contributed by atoms with Gasteiger partial charge in [-0.25, -0.2) is 0 Å². The number of allylic oxidation sites excluding steroid dienone is 1. The fourth-order valence-electron chi connectivity index (χ4n) is 2.14. The highest BCUT2D eigenvalue weighted by Crippen LogP contribution is 2.18. The molecule has 1 heteroatoms. The molecule has 1 aromatic rings. The first kappa shape index (κ1) is 14.8. The van der Waals surface area contributed by atoms with Gasteiger partial charge in [-0.05, 0) is 37.8 Å². The van der Waals surface area contributed by atoms with Gasteiger partial charge >= 0.3 is 0 Å². The number of anilines is 1. The molecule has 100 valence electrons. The van der Waals surface area contributed by atoms with Crippen LogP contribution in [0.3, 0.4) is 0 Å². The van der Waals surface area contributed by atoms with Crippen LogP contribution in [0.5, 0.6) is 0 Å². The number of para-hydroxylation sites is 1. The van der Waals surface area contributed by atoms with E-state index in [0.717, 1.165) is 0 Å². The van der Waals surface area contributed by atoms with Gasteiger partial charge in [-0.1, -0.05) is 44.0 Å². The number of nitrogens with zero attached hydrogens (tertiary/aromatic N) is 1. The van der Waals surface area contributed by atoms with Gasteiger partial charge in [0.2, 0.25) is 0 Å². The van der Waals surface area contributed by atoms with E-state index in [9.17, 15) is 0 Å². The van der Waals surface area contributed by atoms with Crippen LogP contribution >= 0.6 is 0 Å². The predicted molar refractivity (Wildman–Crippen MR) is 82.2 cm³/mol. The molecular formula is C17H27N. The fraction of sp³-hybridized carbons (Fsp3) is 0.529. The van der Waals surface area contributed by atoms with Gasteiger partial charge in [0.15, 0.2) is 0 Å². The summed E-state index contributed by atoms with van der Waals surface area (Å²) in [5.41, 5.74) is 1.39. The van der Waals surface area contributed by atoms with E-state index in [2.05, 4.69) is 48.7 Å². The molecule has 1 heterocycles. The summed E-state index contributed by atoms with van der Waals surface area (Å²) < 4.78 is 0. The molecule has 0 radical (unpaired) electrons. The summed E-state index contributed by atoms with van der Waals surface area (Å²) in [5.74, 6) is 0. The van der Waals surface area contributed by atoms with E-state index in [1.165, 1.54) is 57.3 Å². The van der Waals surface area contributed by atoms with E-state index in [-0.39, 0.29) is 0 Å². The Bertz CT molecular complexity index is 299. The van der Waals surface area contributed by atoms with Gasteiger partial charge in [0.25, 0.3) is 0 Å². The van der Waals surface area contributed by atoms with Crippen molar-refractivity contribution in [3.63, 3.8) is 0 Å². The van der Waals surface area contributed by atoms with Gasteiger partial charge in [-0.15, -0.1) is 6.58 Å². The molecule has 0 aromatic heterocycles. The van der Waals surface area contributed by atoms with Crippen LogP contribution < -0.4 is 4.90 Å². The maximum atomic E-state index is 3.60. The van der Waals surface area contributed by atoms with Crippen LogP contribution in [-0.2, 0) is 0 Å². The van der Waals surface area contributed by atoms with Crippen molar-refractivity contribution in [2.75, 3.05) is 18.0 Å². The molecule has 0 unspecified atom stereocenters. The summed E-state index contributed by atoms with van der Waals surface area (Å²) in [7, 11) is 0. The molecular weight excluding hydrogens is 218 g/mol. The smallest absolute Gasteiger partial charge is 0.0366 e. The van der Waals surface area contributed by atoms with E-state index in [0.29, 0.717) is 0 Å². The normalized spacial score (nSPS) is 14.6. The largest absolute Gasteiger partial charge is 0.372 e. The highest BCUT2D eigenvalue weighted by atomic mass is 15.1. The Morgan fingerprint density at radius 1 is 1.11 bits per heavy atom. The monoisotopic (exact) mass is 245 g/mol. The lowest BCUT2D eigenvalue weighted by Crippen LogP contribution is -2.29.